The Morgan fingerprint density at radius 2 is 2.22 bits per heavy atom. The summed E-state index contributed by atoms with van der Waals surface area (Å²) in [6.45, 7) is 3.64. The summed E-state index contributed by atoms with van der Waals surface area (Å²) in [6, 6.07) is 8.03. The number of hydrogen-bond donors (Lipinski definition) is 2. The Morgan fingerprint density at radius 3 is 2.89 bits per heavy atom. The molecular weight excluding hydrogens is 341 g/mol. The third-order valence-corrected chi connectivity index (χ3v) is 2.36. The average Bonchev–Trinajstić information content (AvgIpc) is 2.36. The van der Waals surface area contributed by atoms with Crippen LogP contribution in [0.15, 0.2) is 29.3 Å². The molecule has 0 unspecified atom stereocenters. The van der Waals surface area contributed by atoms with Gasteiger partial charge in [-0.05, 0) is 30.5 Å². The van der Waals surface area contributed by atoms with E-state index in [4.69, 9.17) is 10.5 Å². The summed E-state index contributed by atoms with van der Waals surface area (Å²) in [7, 11) is 1.67. The van der Waals surface area contributed by atoms with Crippen LogP contribution in [0.2, 0.25) is 0 Å². The second-order valence-corrected chi connectivity index (χ2v) is 3.80. The number of benzene rings is 1. The lowest BCUT2D eigenvalue weighted by atomic mass is 10.1. The van der Waals surface area contributed by atoms with Crippen molar-refractivity contribution >= 4 is 29.9 Å². The zero-order valence-corrected chi connectivity index (χ0v) is 13.3. The molecule has 0 heterocycles. The number of rotatable bonds is 6. The van der Waals surface area contributed by atoms with Crippen molar-refractivity contribution in [3.63, 3.8) is 0 Å². The summed E-state index contributed by atoms with van der Waals surface area (Å²) in [6.07, 6.45) is 1.91. The van der Waals surface area contributed by atoms with Gasteiger partial charge in [0.2, 0.25) is 0 Å². The highest BCUT2D eigenvalue weighted by Gasteiger charge is 1.96. The normalized spacial score (nSPS) is 10.7. The van der Waals surface area contributed by atoms with Gasteiger partial charge >= 0.3 is 0 Å². The molecule has 0 aromatic heterocycles. The van der Waals surface area contributed by atoms with Gasteiger partial charge in [-0.2, -0.15) is 0 Å². The number of methoxy groups -OCH3 is 1. The molecule has 0 aliphatic heterocycles. The van der Waals surface area contributed by atoms with E-state index in [0.29, 0.717) is 5.96 Å². The summed E-state index contributed by atoms with van der Waals surface area (Å²) in [5.74, 6) is 1.41. The van der Waals surface area contributed by atoms with E-state index in [-0.39, 0.29) is 24.0 Å². The first kappa shape index (κ1) is 17.0. The van der Waals surface area contributed by atoms with Crippen LogP contribution in [0.3, 0.4) is 0 Å². The number of guanidine groups is 1. The molecule has 0 saturated carbocycles. The van der Waals surface area contributed by atoms with E-state index >= 15 is 0 Å². The smallest absolute Gasteiger partial charge is 0.188 e. The topological polar surface area (TPSA) is 59.6 Å². The minimum atomic E-state index is 0. The molecule has 0 radical (unpaired) electrons. The van der Waals surface area contributed by atoms with Gasteiger partial charge in [0.05, 0.1) is 7.11 Å². The van der Waals surface area contributed by atoms with E-state index in [0.717, 1.165) is 31.7 Å². The molecule has 18 heavy (non-hydrogen) atoms. The number of hydrogen-bond acceptors (Lipinski definition) is 2. The summed E-state index contributed by atoms with van der Waals surface area (Å²) in [5, 5.41) is 3.09. The van der Waals surface area contributed by atoms with Crippen molar-refractivity contribution in [1.29, 1.82) is 0 Å². The van der Waals surface area contributed by atoms with E-state index in [1.165, 1.54) is 5.56 Å². The number of ether oxygens (including phenoxy) is 1. The average molecular weight is 363 g/mol. The Balaban J connectivity index is 0.00000289. The van der Waals surface area contributed by atoms with Crippen molar-refractivity contribution < 1.29 is 4.74 Å². The molecule has 0 saturated heterocycles. The van der Waals surface area contributed by atoms with E-state index in [9.17, 15) is 0 Å². The fraction of sp³-hybridized carbons (Fsp3) is 0.462. The molecule has 102 valence electrons. The Bertz CT molecular complexity index is 369. The van der Waals surface area contributed by atoms with Gasteiger partial charge in [-0.1, -0.05) is 19.1 Å². The Hall–Kier alpha value is -0.980. The first-order chi connectivity index (χ1) is 8.26. The van der Waals surface area contributed by atoms with Crippen LogP contribution in [0.25, 0.3) is 0 Å². The lowest BCUT2D eigenvalue weighted by Gasteiger charge is -2.06. The summed E-state index contributed by atoms with van der Waals surface area (Å²) < 4.78 is 5.17. The summed E-state index contributed by atoms with van der Waals surface area (Å²) >= 11 is 0. The monoisotopic (exact) mass is 363 g/mol. The zero-order valence-electron chi connectivity index (χ0n) is 11.0. The predicted molar refractivity (Wildman–Crippen MR) is 86.9 cm³/mol. The van der Waals surface area contributed by atoms with Gasteiger partial charge < -0.3 is 15.8 Å². The van der Waals surface area contributed by atoms with E-state index < -0.39 is 0 Å². The number of halogens is 1. The van der Waals surface area contributed by atoms with Gasteiger partial charge in [0.15, 0.2) is 5.96 Å². The maximum absolute atomic E-state index is 5.69. The first-order valence-corrected chi connectivity index (χ1v) is 5.93. The third kappa shape index (κ3) is 6.68. The van der Waals surface area contributed by atoms with E-state index in [1.54, 1.807) is 7.11 Å². The van der Waals surface area contributed by atoms with Crippen LogP contribution in [-0.2, 0) is 6.42 Å². The summed E-state index contributed by atoms with van der Waals surface area (Å²) in [4.78, 5) is 4.17. The number of nitrogens with zero attached hydrogens (tertiary/aromatic N) is 1. The van der Waals surface area contributed by atoms with Crippen LogP contribution >= 0.6 is 24.0 Å². The fourth-order valence-corrected chi connectivity index (χ4v) is 1.45. The molecule has 1 aromatic rings. The van der Waals surface area contributed by atoms with Crippen molar-refractivity contribution in [2.45, 2.75) is 19.8 Å². The maximum Gasteiger partial charge on any atom is 0.188 e. The molecule has 0 amide bonds. The van der Waals surface area contributed by atoms with Crippen LogP contribution in [0.4, 0.5) is 0 Å². The Labute approximate surface area is 126 Å². The van der Waals surface area contributed by atoms with Crippen molar-refractivity contribution in [3.8, 4) is 5.75 Å². The molecule has 1 rings (SSSR count). The summed E-state index contributed by atoms with van der Waals surface area (Å²) in [5.41, 5.74) is 6.92. The maximum atomic E-state index is 5.69. The first-order valence-electron chi connectivity index (χ1n) is 5.93. The molecule has 1 aromatic carbocycles. The number of nitrogens with two attached hydrogens (primary N) is 1. The Morgan fingerprint density at radius 1 is 1.44 bits per heavy atom. The zero-order chi connectivity index (χ0) is 12.5. The SMILES string of the molecule is CCCN=C(N)NCCc1cccc(OC)c1.I. The molecule has 0 aliphatic carbocycles. The second-order valence-electron chi connectivity index (χ2n) is 3.80. The highest BCUT2D eigenvalue weighted by Crippen LogP contribution is 2.12. The minimum Gasteiger partial charge on any atom is -0.497 e. The van der Waals surface area contributed by atoms with Gasteiger partial charge in [-0.3, -0.25) is 4.99 Å². The molecule has 3 N–H and O–H groups in total. The van der Waals surface area contributed by atoms with Crippen molar-refractivity contribution in [1.82, 2.24) is 5.32 Å². The van der Waals surface area contributed by atoms with Crippen molar-refractivity contribution in [3.05, 3.63) is 29.8 Å². The highest BCUT2D eigenvalue weighted by atomic mass is 127. The molecule has 0 aliphatic rings. The van der Waals surface area contributed by atoms with Gasteiger partial charge in [0, 0.05) is 13.1 Å². The van der Waals surface area contributed by atoms with Crippen LogP contribution in [0, 0.1) is 0 Å². The lowest BCUT2D eigenvalue weighted by Crippen LogP contribution is -2.33. The van der Waals surface area contributed by atoms with Gasteiger partial charge in [-0.15, -0.1) is 24.0 Å². The largest absolute Gasteiger partial charge is 0.497 e. The molecule has 0 fully saturated rings. The molecule has 4 nitrogen and oxygen atoms in total. The quantitative estimate of drug-likeness (QED) is 0.463. The molecule has 5 heteroatoms. The van der Waals surface area contributed by atoms with Crippen molar-refractivity contribution in [2.75, 3.05) is 20.2 Å². The van der Waals surface area contributed by atoms with Crippen LogP contribution in [-0.4, -0.2) is 26.2 Å². The highest BCUT2D eigenvalue weighted by molar-refractivity contribution is 14.0. The van der Waals surface area contributed by atoms with Gasteiger partial charge in [0.1, 0.15) is 5.75 Å². The van der Waals surface area contributed by atoms with Crippen LogP contribution < -0.4 is 15.8 Å². The Kier molecular flexibility index (Phi) is 9.45. The van der Waals surface area contributed by atoms with E-state index in [1.807, 2.05) is 18.2 Å². The molecule has 0 atom stereocenters. The minimum absolute atomic E-state index is 0. The van der Waals surface area contributed by atoms with Crippen LogP contribution in [0.1, 0.15) is 18.9 Å². The fourth-order valence-electron chi connectivity index (χ4n) is 1.45. The van der Waals surface area contributed by atoms with Crippen LogP contribution in [0.5, 0.6) is 5.75 Å². The number of nitrogens with one attached hydrogen (secondary N) is 1. The molecular formula is C13H22IN3O. The third-order valence-electron chi connectivity index (χ3n) is 2.36. The molecule has 0 spiro atoms. The van der Waals surface area contributed by atoms with Crippen molar-refractivity contribution in [2.24, 2.45) is 10.7 Å². The van der Waals surface area contributed by atoms with E-state index in [2.05, 4.69) is 23.3 Å². The molecule has 0 bridgehead atoms. The van der Waals surface area contributed by atoms with Gasteiger partial charge in [-0.25, -0.2) is 0 Å². The van der Waals surface area contributed by atoms with Gasteiger partial charge in [0.25, 0.3) is 0 Å². The lowest BCUT2D eigenvalue weighted by molar-refractivity contribution is 0.414. The standard InChI is InChI=1S/C13H21N3O.HI/c1-3-8-15-13(14)16-9-7-11-5-4-6-12(10-11)17-2;/h4-6,10H,3,7-9H2,1-2H3,(H3,14,15,16);1H. The predicted octanol–water partition coefficient (Wildman–Crippen LogP) is 2.17. The second kappa shape index (κ2) is 9.99. The number of aliphatic imine (C=N–C) groups is 1.